The number of likely N-dealkylation sites (tertiary alicyclic amines) is 1. The molecule has 0 N–H and O–H groups in total. The van der Waals surface area contributed by atoms with Gasteiger partial charge >= 0.3 is 7.12 Å². The van der Waals surface area contributed by atoms with Crippen molar-refractivity contribution in [2.75, 3.05) is 13.2 Å². The second-order valence-corrected chi connectivity index (χ2v) is 8.10. The van der Waals surface area contributed by atoms with E-state index in [4.69, 9.17) is 14.0 Å². The predicted molar refractivity (Wildman–Crippen MR) is 90.7 cm³/mol. The van der Waals surface area contributed by atoms with Crippen LogP contribution < -0.4 is 5.46 Å². The molecule has 3 aliphatic rings. The average Bonchev–Trinajstić information content (AvgIpc) is 3.14. The summed E-state index contributed by atoms with van der Waals surface area (Å²) in [5.41, 5.74) is 1.87. The Labute approximate surface area is 139 Å². The number of morpholine rings is 1. The van der Waals surface area contributed by atoms with Crippen molar-refractivity contribution < 1.29 is 14.0 Å². The maximum absolute atomic E-state index is 6.11. The standard InChI is InChI=1S/C18H26BNO3/c1-17(2)18(3,4)23-19(22-17)14-7-5-13(6-8-14)10-20-11-16-9-15(20)12-21-16/h5-8,15-16H,9-12H2,1-4H3/t15-,16-/m0/s1. The molecule has 0 amide bonds. The first-order valence-electron chi connectivity index (χ1n) is 8.64. The zero-order valence-corrected chi connectivity index (χ0v) is 14.5. The summed E-state index contributed by atoms with van der Waals surface area (Å²) in [5, 5.41) is 0. The van der Waals surface area contributed by atoms with E-state index in [1.807, 2.05) is 0 Å². The van der Waals surface area contributed by atoms with Gasteiger partial charge in [0.1, 0.15) is 0 Å². The molecule has 0 aliphatic carbocycles. The van der Waals surface area contributed by atoms with E-state index in [1.54, 1.807) is 0 Å². The largest absolute Gasteiger partial charge is 0.494 e. The van der Waals surface area contributed by atoms with Crippen LogP contribution in [0.5, 0.6) is 0 Å². The van der Waals surface area contributed by atoms with Crippen LogP contribution in [0.2, 0.25) is 0 Å². The molecular formula is C18H26BNO3. The Balaban J connectivity index is 1.43. The van der Waals surface area contributed by atoms with Crippen molar-refractivity contribution in [1.82, 2.24) is 4.90 Å². The molecule has 5 heteroatoms. The highest BCUT2D eigenvalue weighted by Gasteiger charge is 2.51. The Morgan fingerprint density at radius 1 is 1.09 bits per heavy atom. The number of benzene rings is 1. The zero-order valence-electron chi connectivity index (χ0n) is 14.5. The van der Waals surface area contributed by atoms with E-state index < -0.39 is 0 Å². The zero-order chi connectivity index (χ0) is 16.2. The summed E-state index contributed by atoms with van der Waals surface area (Å²) in [6.07, 6.45) is 1.66. The van der Waals surface area contributed by atoms with Crippen molar-refractivity contribution in [1.29, 1.82) is 0 Å². The van der Waals surface area contributed by atoms with Crippen LogP contribution in [0.1, 0.15) is 39.7 Å². The number of rotatable bonds is 3. The lowest BCUT2D eigenvalue weighted by Crippen LogP contribution is -2.41. The first-order valence-corrected chi connectivity index (χ1v) is 8.64. The summed E-state index contributed by atoms with van der Waals surface area (Å²) < 4.78 is 17.9. The molecule has 124 valence electrons. The lowest BCUT2D eigenvalue weighted by atomic mass is 9.79. The van der Waals surface area contributed by atoms with E-state index in [2.05, 4.69) is 56.9 Å². The molecule has 3 saturated heterocycles. The van der Waals surface area contributed by atoms with Crippen molar-refractivity contribution in [3.63, 3.8) is 0 Å². The number of nitrogens with zero attached hydrogens (tertiary/aromatic N) is 1. The third kappa shape index (κ3) is 2.74. The van der Waals surface area contributed by atoms with E-state index in [9.17, 15) is 0 Å². The number of hydrogen-bond acceptors (Lipinski definition) is 4. The molecule has 4 nitrogen and oxygen atoms in total. The monoisotopic (exact) mass is 315 g/mol. The van der Waals surface area contributed by atoms with Crippen LogP contribution in [0, 0.1) is 0 Å². The number of fused-ring (bicyclic) bond motifs is 2. The molecule has 4 rings (SSSR count). The van der Waals surface area contributed by atoms with Gasteiger partial charge in [0.25, 0.3) is 0 Å². The molecule has 3 aliphatic heterocycles. The van der Waals surface area contributed by atoms with Gasteiger partial charge in [0.2, 0.25) is 0 Å². The molecule has 2 atom stereocenters. The first kappa shape index (κ1) is 15.6. The SMILES string of the molecule is CC1(C)OB(c2ccc(CN3C[C@@H]4C[C@H]3CO4)cc2)OC1(C)C. The molecule has 0 radical (unpaired) electrons. The van der Waals surface area contributed by atoms with Crippen molar-refractivity contribution >= 4 is 12.6 Å². The Kier molecular flexibility index (Phi) is 3.61. The maximum atomic E-state index is 6.11. The highest BCUT2D eigenvalue weighted by molar-refractivity contribution is 6.62. The maximum Gasteiger partial charge on any atom is 0.494 e. The summed E-state index contributed by atoms with van der Waals surface area (Å²) in [7, 11) is -0.273. The number of hydrogen-bond donors (Lipinski definition) is 0. The first-order chi connectivity index (χ1) is 10.8. The van der Waals surface area contributed by atoms with Gasteiger partial charge in [-0.2, -0.15) is 0 Å². The van der Waals surface area contributed by atoms with Crippen LogP contribution in [0.4, 0.5) is 0 Å². The van der Waals surface area contributed by atoms with Gasteiger partial charge in [0.05, 0.1) is 23.9 Å². The van der Waals surface area contributed by atoms with E-state index in [0.717, 1.165) is 25.2 Å². The van der Waals surface area contributed by atoms with Crippen molar-refractivity contribution in [3.8, 4) is 0 Å². The van der Waals surface area contributed by atoms with Crippen LogP contribution in [0.3, 0.4) is 0 Å². The molecule has 2 bridgehead atoms. The quantitative estimate of drug-likeness (QED) is 0.798. The molecule has 0 spiro atoms. The van der Waals surface area contributed by atoms with Crippen LogP contribution in [-0.4, -0.2) is 48.5 Å². The summed E-state index contributed by atoms with van der Waals surface area (Å²) in [4.78, 5) is 2.54. The topological polar surface area (TPSA) is 30.9 Å². The second-order valence-electron chi connectivity index (χ2n) is 8.10. The van der Waals surface area contributed by atoms with E-state index >= 15 is 0 Å². The minimum atomic E-state index is -0.287. The minimum Gasteiger partial charge on any atom is -0.399 e. The molecule has 0 saturated carbocycles. The Morgan fingerprint density at radius 2 is 1.74 bits per heavy atom. The summed E-state index contributed by atoms with van der Waals surface area (Å²) in [5.74, 6) is 0. The van der Waals surface area contributed by atoms with Gasteiger partial charge in [-0.25, -0.2) is 0 Å². The molecule has 3 heterocycles. The molecular weight excluding hydrogens is 289 g/mol. The van der Waals surface area contributed by atoms with Gasteiger partial charge in [0.15, 0.2) is 0 Å². The smallest absolute Gasteiger partial charge is 0.399 e. The normalized spacial score (nSPS) is 31.9. The van der Waals surface area contributed by atoms with E-state index in [-0.39, 0.29) is 18.3 Å². The van der Waals surface area contributed by atoms with Gasteiger partial charge in [-0.05, 0) is 45.1 Å². The van der Waals surface area contributed by atoms with Gasteiger partial charge in [0, 0.05) is 19.1 Å². The van der Waals surface area contributed by atoms with Gasteiger partial charge in [-0.1, -0.05) is 24.3 Å². The van der Waals surface area contributed by atoms with Crippen LogP contribution in [-0.2, 0) is 20.6 Å². The van der Waals surface area contributed by atoms with E-state index in [1.165, 1.54) is 12.0 Å². The fourth-order valence-electron chi connectivity index (χ4n) is 3.67. The Bertz CT molecular complexity index is 570. The van der Waals surface area contributed by atoms with Crippen molar-refractivity contribution in [2.24, 2.45) is 0 Å². The highest BCUT2D eigenvalue weighted by atomic mass is 16.7. The molecule has 23 heavy (non-hydrogen) atoms. The van der Waals surface area contributed by atoms with Crippen LogP contribution in [0.25, 0.3) is 0 Å². The van der Waals surface area contributed by atoms with Crippen molar-refractivity contribution in [2.45, 2.75) is 64.0 Å². The molecule has 3 fully saturated rings. The lowest BCUT2D eigenvalue weighted by molar-refractivity contribution is 0.00578. The summed E-state index contributed by atoms with van der Waals surface area (Å²) in [6, 6.07) is 9.30. The number of ether oxygens (including phenoxy) is 1. The highest BCUT2D eigenvalue weighted by Crippen LogP contribution is 2.36. The molecule has 1 aromatic rings. The fourth-order valence-corrected chi connectivity index (χ4v) is 3.67. The Hall–Kier alpha value is -0.875. The third-order valence-corrected chi connectivity index (χ3v) is 5.90. The van der Waals surface area contributed by atoms with Crippen LogP contribution >= 0.6 is 0 Å². The van der Waals surface area contributed by atoms with Crippen LogP contribution in [0.15, 0.2) is 24.3 Å². The van der Waals surface area contributed by atoms with E-state index in [0.29, 0.717) is 12.1 Å². The van der Waals surface area contributed by atoms with Gasteiger partial charge in [-0.3, -0.25) is 4.90 Å². The molecule has 0 aromatic heterocycles. The Morgan fingerprint density at radius 3 is 2.26 bits per heavy atom. The summed E-state index contributed by atoms with van der Waals surface area (Å²) in [6.45, 7) is 11.3. The minimum absolute atomic E-state index is 0.273. The lowest BCUT2D eigenvalue weighted by Gasteiger charge is -2.32. The third-order valence-electron chi connectivity index (χ3n) is 5.90. The summed E-state index contributed by atoms with van der Waals surface area (Å²) >= 11 is 0. The average molecular weight is 315 g/mol. The van der Waals surface area contributed by atoms with Crippen molar-refractivity contribution in [3.05, 3.63) is 29.8 Å². The fraction of sp³-hybridized carbons (Fsp3) is 0.667. The molecule has 0 unspecified atom stereocenters. The second kappa shape index (κ2) is 5.31. The molecule has 1 aromatic carbocycles. The predicted octanol–water partition coefficient (Wildman–Crippen LogP) is 1.96. The van der Waals surface area contributed by atoms with Gasteiger partial charge in [-0.15, -0.1) is 0 Å². The van der Waals surface area contributed by atoms with Gasteiger partial charge < -0.3 is 14.0 Å².